The van der Waals surface area contributed by atoms with Gasteiger partial charge in [0.1, 0.15) is 11.6 Å². The molecule has 0 aliphatic rings. The highest BCUT2D eigenvalue weighted by Gasteiger charge is 2.08. The standard InChI is InChI=1S/C21H27FN4O2/c1-23-21(26(4)14-16-8-10-18(22)11-9-16)24-13-17-6-5-7-19(12-17)28-15-20(27)25(2)3/h5-12H,13-15H2,1-4H3,(H,23,24). The molecule has 0 unspecified atom stereocenters. The Morgan fingerprint density at radius 3 is 2.46 bits per heavy atom. The molecule has 1 amide bonds. The highest BCUT2D eigenvalue weighted by atomic mass is 19.1. The number of guanidine groups is 1. The van der Waals surface area contributed by atoms with Crippen LogP contribution in [0.25, 0.3) is 0 Å². The van der Waals surface area contributed by atoms with Crippen molar-refractivity contribution in [1.82, 2.24) is 15.1 Å². The van der Waals surface area contributed by atoms with Gasteiger partial charge < -0.3 is 19.9 Å². The second kappa shape index (κ2) is 10.3. The lowest BCUT2D eigenvalue weighted by Crippen LogP contribution is -2.38. The molecule has 0 aliphatic heterocycles. The van der Waals surface area contributed by atoms with E-state index in [0.29, 0.717) is 18.8 Å². The van der Waals surface area contributed by atoms with Crippen molar-refractivity contribution >= 4 is 11.9 Å². The minimum absolute atomic E-state index is 0.00591. The van der Waals surface area contributed by atoms with Crippen LogP contribution >= 0.6 is 0 Å². The number of nitrogens with one attached hydrogen (secondary N) is 1. The van der Waals surface area contributed by atoms with E-state index in [1.54, 1.807) is 33.3 Å². The number of halogens is 1. The van der Waals surface area contributed by atoms with Gasteiger partial charge in [-0.15, -0.1) is 0 Å². The van der Waals surface area contributed by atoms with Crippen molar-refractivity contribution in [3.8, 4) is 5.75 Å². The second-order valence-electron chi connectivity index (χ2n) is 6.61. The van der Waals surface area contributed by atoms with Crippen LogP contribution in [0.4, 0.5) is 4.39 Å². The SMILES string of the molecule is CN=C(NCc1cccc(OCC(=O)N(C)C)c1)N(C)Cc1ccc(F)cc1. The Morgan fingerprint density at radius 2 is 1.82 bits per heavy atom. The van der Waals surface area contributed by atoms with Gasteiger partial charge in [0.25, 0.3) is 5.91 Å². The van der Waals surface area contributed by atoms with Gasteiger partial charge in [-0.3, -0.25) is 9.79 Å². The molecule has 0 aromatic heterocycles. The van der Waals surface area contributed by atoms with Gasteiger partial charge in [0, 0.05) is 41.3 Å². The van der Waals surface area contributed by atoms with Gasteiger partial charge in [-0.2, -0.15) is 0 Å². The predicted molar refractivity (Wildman–Crippen MR) is 109 cm³/mol. The average Bonchev–Trinajstić information content (AvgIpc) is 2.68. The summed E-state index contributed by atoms with van der Waals surface area (Å²) in [6.45, 7) is 1.17. The summed E-state index contributed by atoms with van der Waals surface area (Å²) < 4.78 is 18.6. The lowest BCUT2D eigenvalue weighted by Gasteiger charge is -2.22. The number of hydrogen-bond donors (Lipinski definition) is 1. The fourth-order valence-electron chi connectivity index (χ4n) is 2.52. The molecule has 0 radical (unpaired) electrons. The third kappa shape index (κ3) is 6.57. The molecule has 28 heavy (non-hydrogen) atoms. The molecule has 2 aromatic carbocycles. The monoisotopic (exact) mass is 386 g/mol. The van der Waals surface area contributed by atoms with E-state index in [2.05, 4.69) is 10.3 Å². The van der Waals surface area contributed by atoms with Crippen LogP contribution in [0.1, 0.15) is 11.1 Å². The molecular formula is C21H27FN4O2. The van der Waals surface area contributed by atoms with Crippen LogP contribution < -0.4 is 10.1 Å². The van der Waals surface area contributed by atoms with Crippen LogP contribution in [0, 0.1) is 5.82 Å². The molecule has 0 spiro atoms. The molecule has 150 valence electrons. The van der Waals surface area contributed by atoms with Crippen LogP contribution in [0.15, 0.2) is 53.5 Å². The number of aliphatic imine (C=N–C) groups is 1. The molecule has 0 heterocycles. The third-order valence-corrected chi connectivity index (χ3v) is 4.12. The van der Waals surface area contributed by atoms with E-state index in [1.807, 2.05) is 36.2 Å². The van der Waals surface area contributed by atoms with E-state index in [-0.39, 0.29) is 18.3 Å². The molecule has 6 nitrogen and oxygen atoms in total. The smallest absolute Gasteiger partial charge is 0.259 e. The van der Waals surface area contributed by atoms with Gasteiger partial charge in [-0.25, -0.2) is 4.39 Å². The van der Waals surface area contributed by atoms with Crippen molar-refractivity contribution in [2.75, 3.05) is 34.8 Å². The number of hydrogen-bond acceptors (Lipinski definition) is 3. The van der Waals surface area contributed by atoms with Crippen molar-refractivity contribution in [2.24, 2.45) is 4.99 Å². The number of ether oxygens (including phenoxy) is 1. The molecule has 2 rings (SSSR count). The molecule has 0 aliphatic carbocycles. The van der Waals surface area contributed by atoms with Crippen LogP contribution in [-0.4, -0.2) is 56.5 Å². The van der Waals surface area contributed by atoms with E-state index in [0.717, 1.165) is 17.1 Å². The molecule has 0 atom stereocenters. The van der Waals surface area contributed by atoms with Crippen LogP contribution in [0.2, 0.25) is 0 Å². The van der Waals surface area contributed by atoms with E-state index in [1.165, 1.54) is 17.0 Å². The summed E-state index contributed by atoms with van der Waals surface area (Å²) in [7, 11) is 7.03. The minimum Gasteiger partial charge on any atom is -0.484 e. The summed E-state index contributed by atoms with van der Waals surface area (Å²) in [6.07, 6.45) is 0. The second-order valence-corrected chi connectivity index (χ2v) is 6.61. The zero-order valence-electron chi connectivity index (χ0n) is 16.8. The van der Waals surface area contributed by atoms with Crippen molar-refractivity contribution < 1.29 is 13.9 Å². The molecule has 1 N–H and O–H groups in total. The normalized spacial score (nSPS) is 11.1. The van der Waals surface area contributed by atoms with Crippen molar-refractivity contribution in [3.63, 3.8) is 0 Å². The van der Waals surface area contributed by atoms with Gasteiger partial charge in [0.15, 0.2) is 12.6 Å². The van der Waals surface area contributed by atoms with Gasteiger partial charge in [0.05, 0.1) is 0 Å². The Bertz CT molecular complexity index is 806. The first-order chi connectivity index (χ1) is 13.4. The van der Waals surface area contributed by atoms with Gasteiger partial charge in [-0.05, 0) is 35.4 Å². The maximum absolute atomic E-state index is 13.0. The fourth-order valence-corrected chi connectivity index (χ4v) is 2.52. The van der Waals surface area contributed by atoms with Crippen molar-refractivity contribution in [3.05, 3.63) is 65.5 Å². The third-order valence-electron chi connectivity index (χ3n) is 4.12. The van der Waals surface area contributed by atoms with E-state index >= 15 is 0 Å². The van der Waals surface area contributed by atoms with Crippen LogP contribution in [0.5, 0.6) is 5.75 Å². The average molecular weight is 386 g/mol. The molecule has 2 aromatic rings. The largest absolute Gasteiger partial charge is 0.484 e. The fraction of sp³-hybridized carbons (Fsp3) is 0.333. The summed E-state index contributed by atoms with van der Waals surface area (Å²) in [4.78, 5) is 19.4. The van der Waals surface area contributed by atoms with Gasteiger partial charge in [-0.1, -0.05) is 24.3 Å². The van der Waals surface area contributed by atoms with Gasteiger partial charge >= 0.3 is 0 Å². The molecule has 7 heteroatoms. The first kappa shape index (κ1) is 21.2. The number of carbonyl (C=O) groups excluding carboxylic acids is 1. The maximum Gasteiger partial charge on any atom is 0.259 e. The molecule has 0 bridgehead atoms. The summed E-state index contributed by atoms with van der Waals surface area (Å²) in [5, 5.41) is 3.30. The summed E-state index contributed by atoms with van der Waals surface area (Å²) in [6, 6.07) is 14.0. The Morgan fingerprint density at radius 1 is 1.11 bits per heavy atom. The van der Waals surface area contributed by atoms with Crippen molar-refractivity contribution in [2.45, 2.75) is 13.1 Å². The number of nitrogens with zero attached hydrogens (tertiary/aromatic N) is 3. The molecule has 0 saturated heterocycles. The minimum atomic E-state index is -0.247. The first-order valence-electron chi connectivity index (χ1n) is 8.97. The number of benzene rings is 2. The molecular weight excluding hydrogens is 359 g/mol. The zero-order valence-corrected chi connectivity index (χ0v) is 16.8. The Hall–Kier alpha value is -3.09. The highest BCUT2D eigenvalue weighted by Crippen LogP contribution is 2.13. The summed E-state index contributed by atoms with van der Waals surface area (Å²) >= 11 is 0. The lowest BCUT2D eigenvalue weighted by atomic mass is 10.2. The Balaban J connectivity index is 1.91. The van der Waals surface area contributed by atoms with Crippen LogP contribution in [0.3, 0.4) is 0 Å². The van der Waals surface area contributed by atoms with E-state index < -0.39 is 0 Å². The number of likely N-dealkylation sites (N-methyl/N-ethyl adjacent to an activating group) is 1. The van der Waals surface area contributed by atoms with Crippen LogP contribution in [-0.2, 0) is 17.9 Å². The highest BCUT2D eigenvalue weighted by molar-refractivity contribution is 5.79. The number of rotatable bonds is 7. The lowest BCUT2D eigenvalue weighted by molar-refractivity contribution is -0.130. The first-order valence-corrected chi connectivity index (χ1v) is 8.97. The molecule has 0 fully saturated rings. The number of carbonyl (C=O) groups is 1. The molecule has 0 saturated carbocycles. The topological polar surface area (TPSA) is 57.2 Å². The summed E-state index contributed by atoms with van der Waals surface area (Å²) in [5.74, 6) is 1.03. The maximum atomic E-state index is 13.0. The number of amides is 1. The van der Waals surface area contributed by atoms with E-state index in [4.69, 9.17) is 4.74 Å². The van der Waals surface area contributed by atoms with Crippen molar-refractivity contribution in [1.29, 1.82) is 0 Å². The Kier molecular flexibility index (Phi) is 7.80. The zero-order chi connectivity index (χ0) is 20.5. The Labute approximate surface area is 165 Å². The summed E-state index contributed by atoms with van der Waals surface area (Å²) in [5.41, 5.74) is 2.00. The van der Waals surface area contributed by atoms with E-state index in [9.17, 15) is 9.18 Å². The van der Waals surface area contributed by atoms with Gasteiger partial charge in [0.2, 0.25) is 0 Å². The predicted octanol–water partition coefficient (Wildman–Crippen LogP) is 2.50. The quantitative estimate of drug-likeness (QED) is 0.587.